The molecule has 0 saturated carbocycles. The lowest BCUT2D eigenvalue weighted by Crippen LogP contribution is -2.33. The molecule has 6 N–H and O–H groups in total. The molecule has 1 aliphatic heterocycles. The zero-order chi connectivity index (χ0) is 12.7. The summed E-state index contributed by atoms with van der Waals surface area (Å²) in [6.45, 7) is -0.505. The third kappa shape index (κ3) is 5.27. The Balaban J connectivity index is 0.000000293. The van der Waals surface area contributed by atoms with Crippen molar-refractivity contribution >= 4 is 17.8 Å². The van der Waals surface area contributed by atoms with Crippen molar-refractivity contribution in [3.8, 4) is 0 Å². The summed E-state index contributed by atoms with van der Waals surface area (Å²) in [4.78, 5) is 30.2. The van der Waals surface area contributed by atoms with Crippen molar-refractivity contribution < 1.29 is 29.7 Å². The fraction of sp³-hybridized carbons (Fsp3) is 0.625. The zero-order valence-corrected chi connectivity index (χ0v) is 8.42. The molecule has 1 amide bonds. The van der Waals surface area contributed by atoms with Gasteiger partial charge in [-0.3, -0.25) is 9.59 Å². The highest BCUT2D eigenvalue weighted by molar-refractivity contribution is 5.87. The number of rotatable bonds is 3. The lowest BCUT2D eigenvalue weighted by molar-refractivity contribution is -0.140. The van der Waals surface area contributed by atoms with Crippen LogP contribution in [0.4, 0.5) is 0 Å². The number of hydrogen-bond donors (Lipinski definition) is 5. The van der Waals surface area contributed by atoms with Gasteiger partial charge in [0, 0.05) is 6.42 Å². The molecule has 8 heteroatoms. The first-order valence-corrected chi connectivity index (χ1v) is 4.50. The number of amides is 1. The molecule has 0 aliphatic carbocycles. The Kier molecular flexibility index (Phi) is 6.04. The van der Waals surface area contributed by atoms with Gasteiger partial charge in [0.25, 0.3) is 0 Å². The second kappa shape index (κ2) is 6.75. The molecule has 1 heterocycles. The molecule has 0 aromatic heterocycles. The van der Waals surface area contributed by atoms with Gasteiger partial charge >= 0.3 is 11.9 Å². The van der Waals surface area contributed by atoms with Gasteiger partial charge in [-0.1, -0.05) is 0 Å². The van der Waals surface area contributed by atoms with E-state index in [1.807, 2.05) is 0 Å². The number of aliphatic carboxylic acids is 2. The molecular formula is C8H14N2O6. The van der Waals surface area contributed by atoms with E-state index >= 15 is 0 Å². The second-order valence-corrected chi connectivity index (χ2v) is 3.12. The van der Waals surface area contributed by atoms with Crippen LogP contribution < -0.4 is 11.1 Å². The Bertz CT molecular complexity index is 280. The summed E-state index contributed by atoms with van der Waals surface area (Å²) in [7, 11) is 0. The van der Waals surface area contributed by atoms with Gasteiger partial charge in [-0.25, -0.2) is 4.79 Å². The van der Waals surface area contributed by atoms with E-state index in [9.17, 15) is 14.4 Å². The van der Waals surface area contributed by atoms with Gasteiger partial charge in [0.15, 0.2) is 0 Å². The van der Waals surface area contributed by atoms with Crippen LogP contribution in [0.1, 0.15) is 12.8 Å². The van der Waals surface area contributed by atoms with Crippen LogP contribution in [0.3, 0.4) is 0 Å². The molecule has 0 aromatic rings. The average molecular weight is 234 g/mol. The Morgan fingerprint density at radius 2 is 2.06 bits per heavy atom. The third-order valence-electron chi connectivity index (χ3n) is 1.81. The normalized spacial score (nSPS) is 20.4. The summed E-state index contributed by atoms with van der Waals surface area (Å²) in [5, 5.41) is 26.5. The highest BCUT2D eigenvalue weighted by atomic mass is 16.4. The highest BCUT2D eigenvalue weighted by Gasteiger charge is 2.26. The van der Waals surface area contributed by atoms with Gasteiger partial charge in [-0.2, -0.15) is 0 Å². The van der Waals surface area contributed by atoms with Crippen LogP contribution >= 0.6 is 0 Å². The van der Waals surface area contributed by atoms with E-state index in [0.29, 0.717) is 12.8 Å². The van der Waals surface area contributed by atoms with Crippen LogP contribution in [0.25, 0.3) is 0 Å². The molecule has 1 saturated heterocycles. The SMILES string of the molecule is N[C@H](CO)C(=O)O.O=C1CC[C@@H](C(=O)O)N1. The third-order valence-corrected chi connectivity index (χ3v) is 1.81. The monoisotopic (exact) mass is 234 g/mol. The minimum atomic E-state index is -1.18. The van der Waals surface area contributed by atoms with Crippen molar-refractivity contribution in [2.75, 3.05) is 6.61 Å². The van der Waals surface area contributed by atoms with Crippen molar-refractivity contribution in [3.63, 3.8) is 0 Å². The number of carboxylic acid groups (broad SMARTS) is 2. The van der Waals surface area contributed by atoms with Gasteiger partial charge < -0.3 is 26.4 Å². The quantitative estimate of drug-likeness (QED) is 0.369. The number of nitrogens with one attached hydrogen (secondary N) is 1. The van der Waals surface area contributed by atoms with Crippen molar-refractivity contribution in [2.24, 2.45) is 5.73 Å². The summed E-state index contributed by atoms with van der Waals surface area (Å²) >= 11 is 0. The van der Waals surface area contributed by atoms with Crippen molar-refractivity contribution in [1.29, 1.82) is 0 Å². The second-order valence-electron chi connectivity index (χ2n) is 3.12. The van der Waals surface area contributed by atoms with E-state index in [4.69, 9.17) is 21.1 Å². The molecule has 0 aromatic carbocycles. The Morgan fingerprint density at radius 3 is 2.19 bits per heavy atom. The van der Waals surface area contributed by atoms with Crippen molar-refractivity contribution in [3.05, 3.63) is 0 Å². The molecule has 1 rings (SSSR count). The molecule has 8 nitrogen and oxygen atoms in total. The largest absolute Gasteiger partial charge is 0.480 e. The fourth-order valence-corrected chi connectivity index (χ4v) is 0.877. The van der Waals surface area contributed by atoms with Crippen LogP contribution in [-0.4, -0.2) is 51.9 Å². The molecule has 0 spiro atoms. The molecular weight excluding hydrogens is 220 g/mol. The molecule has 0 radical (unpaired) electrons. The number of aliphatic hydroxyl groups excluding tert-OH is 1. The smallest absolute Gasteiger partial charge is 0.326 e. The Morgan fingerprint density at radius 1 is 1.50 bits per heavy atom. The predicted molar refractivity (Wildman–Crippen MR) is 51.5 cm³/mol. The van der Waals surface area contributed by atoms with E-state index in [1.165, 1.54) is 0 Å². The Labute approximate surface area is 91.1 Å². The van der Waals surface area contributed by atoms with E-state index in [1.54, 1.807) is 0 Å². The van der Waals surface area contributed by atoms with E-state index in [2.05, 4.69) is 5.32 Å². The molecule has 2 atom stereocenters. The first-order chi connectivity index (χ1) is 7.38. The summed E-state index contributed by atoms with van der Waals surface area (Å²) in [5.74, 6) is -2.29. The molecule has 1 aliphatic rings. The maximum absolute atomic E-state index is 10.4. The minimum absolute atomic E-state index is 0.164. The topological polar surface area (TPSA) is 150 Å². The Hall–Kier alpha value is -1.67. The van der Waals surface area contributed by atoms with E-state index in [-0.39, 0.29) is 5.91 Å². The van der Waals surface area contributed by atoms with Crippen LogP contribution in [0, 0.1) is 0 Å². The number of carbonyl (C=O) groups excluding carboxylic acids is 1. The van der Waals surface area contributed by atoms with Crippen LogP contribution in [0.5, 0.6) is 0 Å². The minimum Gasteiger partial charge on any atom is -0.480 e. The molecule has 1 fully saturated rings. The highest BCUT2D eigenvalue weighted by Crippen LogP contribution is 2.05. The van der Waals surface area contributed by atoms with Crippen LogP contribution in [-0.2, 0) is 14.4 Å². The van der Waals surface area contributed by atoms with Gasteiger partial charge in [0.2, 0.25) is 5.91 Å². The van der Waals surface area contributed by atoms with Gasteiger partial charge in [0.05, 0.1) is 6.61 Å². The molecule has 0 bridgehead atoms. The summed E-state index contributed by atoms with van der Waals surface area (Å²) in [5.41, 5.74) is 4.77. The maximum atomic E-state index is 10.4. The van der Waals surface area contributed by atoms with Crippen molar-refractivity contribution in [2.45, 2.75) is 24.9 Å². The van der Waals surface area contributed by atoms with Crippen LogP contribution in [0.2, 0.25) is 0 Å². The molecule has 16 heavy (non-hydrogen) atoms. The molecule has 0 unspecified atom stereocenters. The van der Waals surface area contributed by atoms with Crippen LogP contribution in [0.15, 0.2) is 0 Å². The van der Waals surface area contributed by atoms with Gasteiger partial charge in [-0.05, 0) is 6.42 Å². The predicted octanol–water partition coefficient (Wildman–Crippen LogP) is -2.26. The van der Waals surface area contributed by atoms with Gasteiger partial charge in [-0.15, -0.1) is 0 Å². The van der Waals surface area contributed by atoms with Crippen molar-refractivity contribution in [1.82, 2.24) is 5.32 Å². The first-order valence-electron chi connectivity index (χ1n) is 4.50. The van der Waals surface area contributed by atoms with E-state index < -0.39 is 30.6 Å². The lowest BCUT2D eigenvalue weighted by Gasteiger charge is -1.99. The lowest BCUT2D eigenvalue weighted by atomic mass is 10.2. The summed E-state index contributed by atoms with van der Waals surface area (Å²) in [6.07, 6.45) is 0.769. The van der Waals surface area contributed by atoms with Gasteiger partial charge in [0.1, 0.15) is 12.1 Å². The number of carboxylic acids is 2. The number of carbonyl (C=O) groups is 3. The zero-order valence-electron chi connectivity index (χ0n) is 8.42. The summed E-state index contributed by atoms with van der Waals surface area (Å²) in [6, 6.07) is -1.77. The number of aliphatic hydroxyl groups is 1. The number of nitrogens with two attached hydrogens (primary N) is 1. The van der Waals surface area contributed by atoms with E-state index in [0.717, 1.165) is 0 Å². The summed E-state index contributed by atoms with van der Waals surface area (Å²) < 4.78 is 0. The average Bonchev–Trinajstić information content (AvgIpc) is 2.64. The standard InChI is InChI=1S/C5H7NO3.C3H7NO3/c7-4-2-1-3(6-4)5(8)9;4-2(1-5)3(6)7/h3H,1-2H2,(H,6,7)(H,8,9);2,5H,1,4H2,(H,6,7)/t3-;2-/m01/s1. The fourth-order valence-electron chi connectivity index (χ4n) is 0.877. The molecule has 92 valence electrons. The number of hydrogen-bond acceptors (Lipinski definition) is 5. The maximum Gasteiger partial charge on any atom is 0.326 e. The first kappa shape index (κ1) is 14.3.